The molecule has 164 valence electrons. The molecule has 1 amide bonds. The Bertz CT molecular complexity index is 1070. The monoisotopic (exact) mass is 478 g/mol. The summed E-state index contributed by atoms with van der Waals surface area (Å²) >= 11 is 13.9. The SMILES string of the molecule is CC1C(=O)OC2C1CCC1(C)Cc3sc(NC(=O)c4c(Cl)cccc4Cl)nc3C(C)C21. The predicted molar refractivity (Wildman–Crippen MR) is 122 cm³/mol. The first-order valence-electron chi connectivity index (χ1n) is 10.6. The van der Waals surface area contributed by atoms with Crippen LogP contribution in [0.2, 0.25) is 10.0 Å². The fraction of sp³-hybridized carbons (Fsp3) is 0.522. The summed E-state index contributed by atoms with van der Waals surface area (Å²) in [5.74, 6) is 0.196. The Morgan fingerprint density at radius 1 is 1.26 bits per heavy atom. The van der Waals surface area contributed by atoms with Gasteiger partial charge in [-0.15, -0.1) is 11.3 Å². The molecular formula is C23H24Cl2N2O3S. The maximum Gasteiger partial charge on any atom is 0.309 e. The van der Waals surface area contributed by atoms with E-state index in [0.29, 0.717) is 15.2 Å². The van der Waals surface area contributed by atoms with Crippen LogP contribution in [0.15, 0.2) is 18.2 Å². The largest absolute Gasteiger partial charge is 0.461 e. The van der Waals surface area contributed by atoms with E-state index in [2.05, 4.69) is 19.2 Å². The molecule has 31 heavy (non-hydrogen) atoms. The lowest BCUT2D eigenvalue weighted by atomic mass is 9.54. The number of benzene rings is 1. The molecule has 1 aliphatic heterocycles. The van der Waals surface area contributed by atoms with Crippen molar-refractivity contribution in [3.8, 4) is 0 Å². The number of amides is 1. The molecule has 3 aliphatic rings. The number of carbonyl (C=O) groups is 2. The molecule has 5 nitrogen and oxygen atoms in total. The van der Waals surface area contributed by atoms with Gasteiger partial charge in [-0.1, -0.05) is 50.0 Å². The molecule has 2 aromatic rings. The zero-order chi connectivity index (χ0) is 22.1. The van der Waals surface area contributed by atoms with Crippen molar-refractivity contribution in [3.63, 3.8) is 0 Å². The third-order valence-corrected chi connectivity index (χ3v) is 9.18. The van der Waals surface area contributed by atoms with Crippen LogP contribution in [0.4, 0.5) is 5.13 Å². The van der Waals surface area contributed by atoms with E-state index < -0.39 is 0 Å². The van der Waals surface area contributed by atoms with Crippen molar-refractivity contribution >= 4 is 51.5 Å². The number of halogens is 2. The van der Waals surface area contributed by atoms with E-state index in [1.165, 1.54) is 16.2 Å². The minimum atomic E-state index is -0.364. The lowest BCUT2D eigenvalue weighted by Gasteiger charge is -2.51. The summed E-state index contributed by atoms with van der Waals surface area (Å²) in [7, 11) is 0. The van der Waals surface area contributed by atoms with Crippen molar-refractivity contribution < 1.29 is 14.3 Å². The van der Waals surface area contributed by atoms with Crippen LogP contribution in [-0.4, -0.2) is 23.0 Å². The molecule has 5 rings (SSSR count). The third kappa shape index (κ3) is 3.30. The van der Waals surface area contributed by atoms with E-state index in [1.54, 1.807) is 18.2 Å². The van der Waals surface area contributed by atoms with Crippen LogP contribution >= 0.6 is 34.5 Å². The second-order valence-electron chi connectivity index (χ2n) is 9.42. The zero-order valence-electron chi connectivity index (χ0n) is 17.6. The molecule has 6 unspecified atom stereocenters. The number of nitrogens with zero attached hydrogens (tertiary/aromatic N) is 1. The number of carbonyl (C=O) groups excluding carboxylic acids is 2. The Morgan fingerprint density at radius 3 is 2.68 bits per heavy atom. The first kappa shape index (κ1) is 21.2. The predicted octanol–water partition coefficient (Wildman–Crippen LogP) is 5.96. The number of hydrogen-bond donors (Lipinski definition) is 1. The summed E-state index contributed by atoms with van der Waals surface area (Å²) in [6.07, 6.45) is 2.91. The number of ether oxygens (including phenoxy) is 1. The van der Waals surface area contributed by atoms with Gasteiger partial charge >= 0.3 is 5.97 Å². The second-order valence-corrected chi connectivity index (χ2v) is 11.3. The van der Waals surface area contributed by atoms with Crippen LogP contribution in [0.3, 0.4) is 0 Å². The summed E-state index contributed by atoms with van der Waals surface area (Å²) in [5.41, 5.74) is 1.31. The molecule has 2 fully saturated rings. The van der Waals surface area contributed by atoms with Crippen molar-refractivity contribution in [2.24, 2.45) is 23.2 Å². The molecule has 2 heterocycles. The van der Waals surface area contributed by atoms with Gasteiger partial charge in [0.25, 0.3) is 5.91 Å². The van der Waals surface area contributed by atoms with Gasteiger partial charge in [0.1, 0.15) is 6.10 Å². The molecule has 1 saturated heterocycles. The standard InChI is InChI=1S/C23H24Cl2N2O3S/c1-10-12-7-8-23(3)9-15-18(11(2)17(23)19(12)30-21(10)29)26-22(31-15)27-20(28)16-13(24)5-4-6-14(16)25/h4-6,10-12,17,19H,7-9H2,1-3H3,(H,26,27,28). The molecule has 6 atom stereocenters. The number of fused-ring (bicyclic) bond motifs is 4. The van der Waals surface area contributed by atoms with Gasteiger partial charge in [-0.3, -0.25) is 14.9 Å². The van der Waals surface area contributed by atoms with Crippen LogP contribution < -0.4 is 5.32 Å². The average molecular weight is 479 g/mol. The maximum atomic E-state index is 12.8. The van der Waals surface area contributed by atoms with Gasteiger partial charge in [0.2, 0.25) is 0 Å². The van der Waals surface area contributed by atoms with E-state index >= 15 is 0 Å². The number of aromatic nitrogens is 1. The average Bonchev–Trinajstić information content (AvgIpc) is 3.21. The number of anilines is 1. The first-order chi connectivity index (χ1) is 14.7. The number of hydrogen-bond acceptors (Lipinski definition) is 5. The minimum absolute atomic E-state index is 0.0335. The summed E-state index contributed by atoms with van der Waals surface area (Å²) in [6, 6.07) is 4.99. The lowest BCUT2D eigenvalue weighted by Crippen LogP contribution is -2.50. The fourth-order valence-electron chi connectivity index (χ4n) is 6.01. The molecule has 1 saturated carbocycles. The molecule has 1 aromatic carbocycles. The van der Waals surface area contributed by atoms with Gasteiger partial charge in [-0.25, -0.2) is 4.98 Å². The summed E-state index contributed by atoms with van der Waals surface area (Å²) in [5, 5.41) is 4.05. The number of thiazole rings is 1. The quantitative estimate of drug-likeness (QED) is 0.540. The Morgan fingerprint density at radius 2 is 1.97 bits per heavy atom. The van der Waals surface area contributed by atoms with E-state index in [-0.39, 0.29) is 52.6 Å². The molecule has 0 radical (unpaired) electrons. The highest BCUT2D eigenvalue weighted by Crippen LogP contribution is 2.59. The molecule has 1 N–H and O–H groups in total. The van der Waals surface area contributed by atoms with Gasteiger partial charge in [0, 0.05) is 22.6 Å². The highest BCUT2D eigenvalue weighted by molar-refractivity contribution is 7.16. The van der Waals surface area contributed by atoms with E-state index in [0.717, 1.165) is 25.0 Å². The minimum Gasteiger partial charge on any atom is -0.461 e. The summed E-state index contributed by atoms with van der Waals surface area (Å²) < 4.78 is 5.89. The highest BCUT2D eigenvalue weighted by Gasteiger charge is 2.58. The van der Waals surface area contributed by atoms with Crippen LogP contribution in [0.25, 0.3) is 0 Å². The molecule has 8 heteroatoms. The molecule has 0 spiro atoms. The number of rotatable bonds is 2. The highest BCUT2D eigenvalue weighted by atomic mass is 35.5. The molecule has 1 aromatic heterocycles. The summed E-state index contributed by atoms with van der Waals surface area (Å²) in [6.45, 7) is 6.48. The topological polar surface area (TPSA) is 68.3 Å². The van der Waals surface area contributed by atoms with Crippen molar-refractivity contribution in [1.82, 2.24) is 4.98 Å². The zero-order valence-corrected chi connectivity index (χ0v) is 19.9. The molecular weight excluding hydrogens is 455 g/mol. The molecule has 2 aliphatic carbocycles. The maximum absolute atomic E-state index is 12.8. The van der Waals surface area contributed by atoms with Crippen LogP contribution in [0.1, 0.15) is 60.5 Å². The van der Waals surface area contributed by atoms with Gasteiger partial charge in [-0.05, 0) is 36.8 Å². The summed E-state index contributed by atoms with van der Waals surface area (Å²) in [4.78, 5) is 31.1. The number of nitrogens with one attached hydrogen (secondary N) is 1. The Balaban J connectivity index is 1.44. The molecule has 0 bridgehead atoms. The van der Waals surface area contributed by atoms with Crippen molar-refractivity contribution in [3.05, 3.63) is 44.4 Å². The second kappa shape index (κ2) is 7.46. The van der Waals surface area contributed by atoms with E-state index in [4.69, 9.17) is 32.9 Å². The lowest BCUT2D eigenvalue weighted by molar-refractivity contribution is -0.149. The Kier molecular flexibility index (Phi) is 5.11. The smallest absolute Gasteiger partial charge is 0.309 e. The number of esters is 1. The van der Waals surface area contributed by atoms with Crippen molar-refractivity contribution in [2.75, 3.05) is 5.32 Å². The van der Waals surface area contributed by atoms with Crippen molar-refractivity contribution in [2.45, 2.75) is 52.1 Å². The Labute approximate surface area is 195 Å². The van der Waals surface area contributed by atoms with Gasteiger partial charge < -0.3 is 4.74 Å². The van der Waals surface area contributed by atoms with Gasteiger partial charge in [-0.2, -0.15) is 0 Å². The van der Waals surface area contributed by atoms with Crippen LogP contribution in [0.5, 0.6) is 0 Å². The van der Waals surface area contributed by atoms with E-state index in [1.807, 2.05) is 6.92 Å². The first-order valence-corrected chi connectivity index (χ1v) is 12.2. The van der Waals surface area contributed by atoms with Crippen LogP contribution in [-0.2, 0) is 16.0 Å². The van der Waals surface area contributed by atoms with Crippen LogP contribution in [0, 0.1) is 23.2 Å². The Hall–Kier alpha value is -1.63. The normalized spacial score (nSPS) is 33.8. The fourth-order valence-corrected chi connectivity index (χ4v) is 7.83. The van der Waals surface area contributed by atoms with E-state index in [9.17, 15) is 9.59 Å². The van der Waals surface area contributed by atoms with Crippen molar-refractivity contribution in [1.29, 1.82) is 0 Å². The third-order valence-electron chi connectivity index (χ3n) is 7.57. The van der Waals surface area contributed by atoms with Gasteiger partial charge in [0.15, 0.2) is 5.13 Å². The van der Waals surface area contributed by atoms with Gasteiger partial charge in [0.05, 0.1) is 27.2 Å².